The Morgan fingerprint density at radius 1 is 1.53 bits per heavy atom. The fraction of sp³-hybridized carbons (Fsp3) is 0.273. The van der Waals surface area contributed by atoms with E-state index in [0.717, 1.165) is 0 Å². The topological polar surface area (TPSA) is 87.5 Å². The average molecular weight is 236 g/mol. The van der Waals surface area contributed by atoms with Crippen LogP contribution in [0, 0.1) is 0 Å². The van der Waals surface area contributed by atoms with Gasteiger partial charge in [-0.3, -0.25) is 9.36 Å². The Morgan fingerprint density at radius 3 is 3.00 bits per heavy atom. The van der Waals surface area contributed by atoms with Crippen LogP contribution in [0.25, 0.3) is 11.1 Å². The van der Waals surface area contributed by atoms with Crippen LogP contribution in [0.2, 0.25) is 0 Å². The van der Waals surface area contributed by atoms with Gasteiger partial charge >= 0.3 is 11.7 Å². The summed E-state index contributed by atoms with van der Waals surface area (Å²) in [7, 11) is 1.30. The maximum atomic E-state index is 11.6. The molecule has 0 unspecified atom stereocenters. The van der Waals surface area contributed by atoms with E-state index in [2.05, 4.69) is 4.74 Å². The lowest BCUT2D eigenvalue weighted by molar-refractivity contribution is -0.140. The van der Waals surface area contributed by atoms with E-state index >= 15 is 0 Å². The Bertz CT molecular complexity index is 611. The molecule has 1 aromatic carbocycles. The maximum absolute atomic E-state index is 11.6. The Labute approximate surface area is 96.6 Å². The molecule has 2 rings (SSSR count). The van der Waals surface area contributed by atoms with E-state index in [0.29, 0.717) is 16.8 Å². The number of oxazole rings is 1. The van der Waals surface area contributed by atoms with Crippen molar-refractivity contribution in [1.82, 2.24) is 4.57 Å². The van der Waals surface area contributed by atoms with Crippen LogP contribution in [0.5, 0.6) is 0 Å². The molecule has 17 heavy (non-hydrogen) atoms. The number of anilines is 1. The van der Waals surface area contributed by atoms with Gasteiger partial charge in [-0.1, -0.05) is 0 Å². The van der Waals surface area contributed by atoms with E-state index in [4.69, 9.17) is 10.2 Å². The van der Waals surface area contributed by atoms with Crippen molar-refractivity contribution in [2.24, 2.45) is 0 Å². The first-order valence-electron chi connectivity index (χ1n) is 5.07. The Hall–Kier alpha value is -2.24. The molecule has 0 aliphatic heterocycles. The van der Waals surface area contributed by atoms with Gasteiger partial charge in [-0.15, -0.1) is 0 Å². The highest BCUT2D eigenvalue weighted by Crippen LogP contribution is 2.16. The minimum Gasteiger partial charge on any atom is -0.469 e. The predicted octanol–water partition coefficient (Wildman–Crippen LogP) is 0.740. The summed E-state index contributed by atoms with van der Waals surface area (Å²) in [4.78, 5) is 22.6. The summed E-state index contributed by atoms with van der Waals surface area (Å²) in [5.74, 6) is -0.879. The summed E-state index contributed by atoms with van der Waals surface area (Å²) in [5.41, 5.74) is 7.14. The van der Waals surface area contributed by atoms with Crippen molar-refractivity contribution in [2.45, 2.75) is 13.0 Å². The fourth-order valence-electron chi connectivity index (χ4n) is 1.60. The summed E-state index contributed by atoms with van der Waals surface area (Å²) in [6, 6.07) is 4.93. The van der Waals surface area contributed by atoms with E-state index in [1.807, 2.05) is 0 Å². The predicted molar refractivity (Wildman–Crippen MR) is 61.5 cm³/mol. The van der Waals surface area contributed by atoms with Crippen LogP contribution in [-0.4, -0.2) is 17.6 Å². The third-order valence-corrected chi connectivity index (χ3v) is 2.46. The monoisotopic (exact) mass is 236 g/mol. The van der Waals surface area contributed by atoms with Gasteiger partial charge in [0.05, 0.1) is 19.0 Å². The quantitative estimate of drug-likeness (QED) is 0.627. The maximum Gasteiger partial charge on any atom is 0.419 e. The molecule has 0 radical (unpaired) electrons. The number of esters is 1. The number of hydrogen-bond donors (Lipinski definition) is 1. The number of carbonyl (C=O) groups is 1. The summed E-state index contributed by atoms with van der Waals surface area (Å²) >= 11 is 0. The Kier molecular flexibility index (Phi) is 2.86. The zero-order valence-corrected chi connectivity index (χ0v) is 9.30. The average Bonchev–Trinajstić information content (AvgIpc) is 2.61. The van der Waals surface area contributed by atoms with Gasteiger partial charge < -0.3 is 14.9 Å². The lowest BCUT2D eigenvalue weighted by atomic mass is 10.3. The molecule has 1 heterocycles. The number of nitrogen functional groups attached to an aromatic ring is 1. The van der Waals surface area contributed by atoms with Crippen LogP contribution in [0.15, 0.2) is 27.4 Å². The normalized spacial score (nSPS) is 10.6. The molecule has 90 valence electrons. The molecule has 6 heteroatoms. The van der Waals surface area contributed by atoms with Gasteiger partial charge in [0, 0.05) is 18.3 Å². The van der Waals surface area contributed by atoms with Gasteiger partial charge in [0.25, 0.3) is 0 Å². The van der Waals surface area contributed by atoms with Crippen molar-refractivity contribution in [1.29, 1.82) is 0 Å². The molecule has 0 amide bonds. The van der Waals surface area contributed by atoms with Crippen molar-refractivity contribution < 1.29 is 13.9 Å². The van der Waals surface area contributed by atoms with Crippen molar-refractivity contribution in [3.05, 3.63) is 28.7 Å². The van der Waals surface area contributed by atoms with E-state index in [1.54, 1.807) is 18.2 Å². The minimum absolute atomic E-state index is 0.120. The molecule has 0 atom stereocenters. The van der Waals surface area contributed by atoms with Crippen molar-refractivity contribution in [3.63, 3.8) is 0 Å². The smallest absolute Gasteiger partial charge is 0.419 e. The van der Waals surface area contributed by atoms with Gasteiger partial charge in [-0.05, 0) is 12.1 Å². The SMILES string of the molecule is COC(=O)CCn1c(=O)oc2cc(N)ccc21. The van der Waals surface area contributed by atoms with Gasteiger partial charge in [-0.25, -0.2) is 4.79 Å². The van der Waals surface area contributed by atoms with Crippen LogP contribution < -0.4 is 11.5 Å². The minimum atomic E-state index is -0.505. The number of aryl methyl sites for hydroxylation is 1. The Balaban J connectivity index is 2.36. The number of aromatic nitrogens is 1. The second-order valence-corrected chi connectivity index (χ2v) is 3.57. The molecule has 6 nitrogen and oxygen atoms in total. The molecule has 0 saturated carbocycles. The molecule has 0 fully saturated rings. The molecule has 1 aromatic heterocycles. The third kappa shape index (κ3) is 2.15. The number of nitrogens with zero attached hydrogens (tertiary/aromatic N) is 1. The molecule has 2 N–H and O–H groups in total. The Morgan fingerprint density at radius 2 is 2.29 bits per heavy atom. The molecule has 2 aromatic rings. The van der Waals surface area contributed by atoms with Crippen LogP contribution in [0.3, 0.4) is 0 Å². The third-order valence-electron chi connectivity index (χ3n) is 2.46. The molecule has 0 saturated heterocycles. The second kappa shape index (κ2) is 4.32. The van der Waals surface area contributed by atoms with Gasteiger partial charge in [-0.2, -0.15) is 0 Å². The van der Waals surface area contributed by atoms with E-state index in [1.165, 1.54) is 11.7 Å². The van der Waals surface area contributed by atoms with Crippen LogP contribution in [0.4, 0.5) is 5.69 Å². The van der Waals surface area contributed by atoms with Gasteiger partial charge in [0.1, 0.15) is 0 Å². The fourth-order valence-corrected chi connectivity index (χ4v) is 1.60. The standard InChI is InChI=1S/C11H12N2O4/c1-16-10(14)4-5-13-8-3-2-7(12)6-9(8)17-11(13)15/h2-3,6H,4-5,12H2,1H3. The number of ether oxygens (including phenoxy) is 1. The van der Waals surface area contributed by atoms with Gasteiger partial charge in [0.2, 0.25) is 0 Å². The first kappa shape index (κ1) is 11.3. The molecule has 0 aliphatic carbocycles. The van der Waals surface area contributed by atoms with Crippen molar-refractivity contribution >= 4 is 22.8 Å². The van der Waals surface area contributed by atoms with Crippen molar-refractivity contribution in [3.8, 4) is 0 Å². The van der Waals surface area contributed by atoms with E-state index in [-0.39, 0.29) is 18.9 Å². The van der Waals surface area contributed by atoms with Gasteiger partial charge in [0.15, 0.2) is 5.58 Å². The highest BCUT2D eigenvalue weighted by Gasteiger charge is 2.10. The highest BCUT2D eigenvalue weighted by molar-refractivity contribution is 5.77. The van der Waals surface area contributed by atoms with E-state index < -0.39 is 5.76 Å². The summed E-state index contributed by atoms with van der Waals surface area (Å²) in [6.45, 7) is 0.225. The number of hydrogen-bond acceptors (Lipinski definition) is 5. The highest BCUT2D eigenvalue weighted by atomic mass is 16.5. The first-order valence-corrected chi connectivity index (χ1v) is 5.07. The lowest BCUT2D eigenvalue weighted by Gasteiger charge is -2.01. The van der Waals surface area contributed by atoms with Crippen LogP contribution >= 0.6 is 0 Å². The number of rotatable bonds is 3. The largest absolute Gasteiger partial charge is 0.469 e. The summed E-state index contributed by atoms with van der Waals surface area (Å²) in [6.07, 6.45) is 0.120. The summed E-state index contributed by atoms with van der Waals surface area (Å²) < 4.78 is 10.9. The number of methoxy groups -OCH3 is 1. The molecule has 0 bridgehead atoms. The molecular formula is C11H12N2O4. The molecule has 0 aliphatic rings. The number of fused-ring (bicyclic) bond motifs is 1. The number of carbonyl (C=O) groups excluding carboxylic acids is 1. The molecule has 0 spiro atoms. The zero-order valence-electron chi connectivity index (χ0n) is 9.30. The lowest BCUT2D eigenvalue weighted by Crippen LogP contribution is -2.16. The van der Waals surface area contributed by atoms with E-state index in [9.17, 15) is 9.59 Å². The zero-order chi connectivity index (χ0) is 12.4. The van der Waals surface area contributed by atoms with Crippen molar-refractivity contribution in [2.75, 3.05) is 12.8 Å². The second-order valence-electron chi connectivity index (χ2n) is 3.57. The van der Waals surface area contributed by atoms with Crippen LogP contribution in [0.1, 0.15) is 6.42 Å². The van der Waals surface area contributed by atoms with Crippen LogP contribution in [-0.2, 0) is 16.1 Å². The number of nitrogens with two attached hydrogens (primary N) is 1. The summed E-state index contributed by atoms with van der Waals surface area (Å²) in [5, 5.41) is 0. The number of benzene rings is 1. The first-order chi connectivity index (χ1) is 8.11. The molecular weight excluding hydrogens is 224 g/mol.